The van der Waals surface area contributed by atoms with Crippen LogP contribution in [-0.4, -0.2) is 25.3 Å². The number of esters is 1. The Morgan fingerprint density at radius 3 is 2.66 bits per heavy atom. The monoisotopic (exact) mass is 432 g/mol. The van der Waals surface area contributed by atoms with Crippen molar-refractivity contribution in [3.63, 3.8) is 0 Å². The fourth-order valence-corrected chi connectivity index (χ4v) is 5.28. The largest absolute Gasteiger partial charge is 0.497 e. The van der Waals surface area contributed by atoms with E-state index in [4.69, 9.17) is 21.7 Å². The van der Waals surface area contributed by atoms with Gasteiger partial charge in [0.15, 0.2) is 5.11 Å². The predicted octanol–water partition coefficient (Wildman–Crippen LogP) is 5.25. The summed E-state index contributed by atoms with van der Waals surface area (Å²) < 4.78 is 10.4. The lowest BCUT2D eigenvalue weighted by Gasteiger charge is -2.18. The van der Waals surface area contributed by atoms with Crippen LogP contribution in [0.5, 0.6) is 5.75 Å². The summed E-state index contributed by atoms with van der Waals surface area (Å²) in [6.45, 7) is 2.04. The summed E-state index contributed by atoms with van der Waals surface area (Å²) >= 11 is 7.18. The second-order valence-corrected chi connectivity index (χ2v) is 8.72. The van der Waals surface area contributed by atoms with Crippen LogP contribution in [0.2, 0.25) is 0 Å². The number of fused-ring (bicyclic) bond motifs is 1. The number of thiocarbonyl (C=S) groups is 1. The van der Waals surface area contributed by atoms with E-state index >= 15 is 0 Å². The first-order valence-corrected chi connectivity index (χ1v) is 11.2. The third kappa shape index (κ3) is 5.28. The summed E-state index contributed by atoms with van der Waals surface area (Å²) in [4.78, 5) is 13.8. The lowest BCUT2D eigenvalue weighted by Crippen LogP contribution is -2.31. The van der Waals surface area contributed by atoms with Gasteiger partial charge in [-0.15, -0.1) is 11.3 Å². The van der Waals surface area contributed by atoms with Gasteiger partial charge < -0.3 is 20.1 Å². The second-order valence-electron chi connectivity index (χ2n) is 7.21. The summed E-state index contributed by atoms with van der Waals surface area (Å²) in [6.07, 6.45) is 6.62. The summed E-state index contributed by atoms with van der Waals surface area (Å²) in [6, 6.07) is 7.87. The van der Waals surface area contributed by atoms with Gasteiger partial charge in [-0.05, 0) is 68.1 Å². The minimum Gasteiger partial charge on any atom is -0.497 e. The van der Waals surface area contributed by atoms with Gasteiger partial charge in [-0.3, -0.25) is 0 Å². The lowest BCUT2D eigenvalue weighted by atomic mass is 9.96. The summed E-state index contributed by atoms with van der Waals surface area (Å²) in [5.74, 6) is 0.510. The molecule has 1 heterocycles. The molecule has 1 unspecified atom stereocenters. The zero-order chi connectivity index (χ0) is 20.8. The number of ether oxygens (including phenoxy) is 2. The molecule has 156 valence electrons. The first-order valence-electron chi connectivity index (χ1n) is 9.97. The number of rotatable bonds is 5. The number of carbonyl (C=O) groups excluding carboxylic acids is 1. The third-order valence-corrected chi connectivity index (χ3v) is 6.66. The summed E-state index contributed by atoms with van der Waals surface area (Å²) in [5, 5.41) is 7.83. The molecular weight excluding hydrogens is 404 g/mol. The van der Waals surface area contributed by atoms with Gasteiger partial charge in [0.05, 0.1) is 25.8 Å². The van der Waals surface area contributed by atoms with Crippen LogP contribution in [0, 0.1) is 0 Å². The van der Waals surface area contributed by atoms with Crippen molar-refractivity contribution in [2.75, 3.05) is 19.5 Å². The van der Waals surface area contributed by atoms with E-state index in [2.05, 4.69) is 10.6 Å². The molecule has 1 aromatic carbocycles. The van der Waals surface area contributed by atoms with Gasteiger partial charge in [0, 0.05) is 4.88 Å². The molecule has 2 N–H and O–H groups in total. The minimum absolute atomic E-state index is 0.00679. The van der Waals surface area contributed by atoms with E-state index in [1.165, 1.54) is 24.8 Å². The molecule has 0 saturated heterocycles. The molecule has 2 aromatic rings. The molecular formula is C22H28N2O3S2. The van der Waals surface area contributed by atoms with Crippen LogP contribution < -0.4 is 15.4 Å². The number of methoxy groups -OCH3 is 2. The van der Waals surface area contributed by atoms with Crippen LogP contribution in [0.1, 0.15) is 65.0 Å². The number of nitrogens with one attached hydrogen (secondary N) is 2. The van der Waals surface area contributed by atoms with Gasteiger partial charge in [-0.1, -0.05) is 25.0 Å². The van der Waals surface area contributed by atoms with Gasteiger partial charge in [-0.2, -0.15) is 0 Å². The van der Waals surface area contributed by atoms with E-state index in [0.717, 1.165) is 47.6 Å². The number of hydrogen-bond donors (Lipinski definition) is 2. The van der Waals surface area contributed by atoms with Crippen molar-refractivity contribution in [1.29, 1.82) is 0 Å². The van der Waals surface area contributed by atoms with Crippen LogP contribution in [0.25, 0.3) is 0 Å². The maximum atomic E-state index is 12.5. The fraction of sp³-hybridized carbons (Fsp3) is 0.455. The van der Waals surface area contributed by atoms with Gasteiger partial charge in [0.25, 0.3) is 0 Å². The smallest absolute Gasteiger partial charge is 0.341 e. The molecule has 1 aromatic heterocycles. The molecule has 0 fully saturated rings. The van der Waals surface area contributed by atoms with Gasteiger partial charge >= 0.3 is 5.97 Å². The summed E-state index contributed by atoms with van der Waals surface area (Å²) in [5.41, 5.74) is 2.85. The number of hydrogen-bond acceptors (Lipinski definition) is 5. The Hall–Kier alpha value is -2.12. The van der Waals surface area contributed by atoms with Crippen molar-refractivity contribution in [2.24, 2.45) is 0 Å². The van der Waals surface area contributed by atoms with Gasteiger partial charge in [0.2, 0.25) is 0 Å². The summed E-state index contributed by atoms with van der Waals surface area (Å²) in [7, 11) is 3.08. The van der Waals surface area contributed by atoms with Crippen molar-refractivity contribution >= 4 is 39.6 Å². The molecule has 7 heteroatoms. The molecule has 1 atom stereocenters. The first kappa shape index (κ1) is 21.6. The molecule has 0 spiro atoms. The standard InChI is InChI=1S/C22H28N2O3S2/c1-14(15-9-8-10-16(13-15)26-2)23-22(28)24-20-19(21(25)27-3)17-11-6-4-5-7-12-18(17)29-20/h8-10,13-14H,4-7,11-12H2,1-3H3,(H2,23,24,28). The topological polar surface area (TPSA) is 59.6 Å². The fourth-order valence-electron chi connectivity index (χ4n) is 3.66. The zero-order valence-corrected chi connectivity index (χ0v) is 18.8. The molecule has 0 bridgehead atoms. The van der Waals surface area contributed by atoms with Crippen LogP contribution in [0.4, 0.5) is 5.00 Å². The Labute approximate surface area is 181 Å². The molecule has 3 rings (SSSR count). The van der Waals surface area contributed by atoms with Crippen molar-refractivity contribution < 1.29 is 14.3 Å². The highest BCUT2D eigenvalue weighted by molar-refractivity contribution is 7.80. The SMILES string of the molecule is COC(=O)c1c(NC(=S)NC(C)c2cccc(OC)c2)sc2c1CCCCCC2. The Bertz CT molecular complexity index is 879. The number of anilines is 1. The van der Waals surface area contributed by atoms with Gasteiger partial charge in [-0.25, -0.2) is 4.79 Å². The van der Waals surface area contributed by atoms with E-state index in [1.807, 2.05) is 31.2 Å². The Morgan fingerprint density at radius 1 is 1.17 bits per heavy atom. The van der Waals surface area contributed by atoms with Crippen LogP contribution in [0.15, 0.2) is 24.3 Å². The maximum Gasteiger partial charge on any atom is 0.341 e. The normalized spacial score (nSPS) is 14.7. The van der Waals surface area contributed by atoms with Crippen molar-refractivity contribution in [3.8, 4) is 5.75 Å². The molecule has 0 radical (unpaired) electrons. The van der Waals surface area contributed by atoms with Crippen LogP contribution in [0.3, 0.4) is 0 Å². The average molecular weight is 433 g/mol. The van der Waals surface area contributed by atoms with Crippen molar-refractivity contribution in [1.82, 2.24) is 5.32 Å². The Morgan fingerprint density at radius 2 is 1.93 bits per heavy atom. The Kier molecular flexibility index (Phi) is 7.50. The number of benzene rings is 1. The quantitative estimate of drug-likeness (QED) is 0.497. The van der Waals surface area contributed by atoms with E-state index in [9.17, 15) is 4.79 Å². The van der Waals surface area contributed by atoms with Crippen molar-refractivity contribution in [3.05, 3.63) is 45.8 Å². The number of thiophene rings is 1. The van der Waals surface area contributed by atoms with E-state index in [1.54, 1.807) is 18.4 Å². The number of carbonyl (C=O) groups is 1. The molecule has 5 nitrogen and oxygen atoms in total. The zero-order valence-electron chi connectivity index (χ0n) is 17.2. The highest BCUT2D eigenvalue weighted by Crippen LogP contribution is 2.37. The number of aryl methyl sites for hydroxylation is 1. The van der Waals surface area contributed by atoms with E-state index < -0.39 is 0 Å². The van der Waals surface area contributed by atoms with Gasteiger partial charge in [0.1, 0.15) is 10.8 Å². The van der Waals surface area contributed by atoms with E-state index in [0.29, 0.717) is 10.7 Å². The Balaban J connectivity index is 1.78. The van der Waals surface area contributed by atoms with Crippen LogP contribution >= 0.6 is 23.6 Å². The molecule has 0 amide bonds. The van der Waals surface area contributed by atoms with Crippen LogP contribution in [-0.2, 0) is 17.6 Å². The first-order chi connectivity index (χ1) is 14.0. The lowest BCUT2D eigenvalue weighted by molar-refractivity contribution is 0.0601. The predicted molar refractivity (Wildman–Crippen MR) is 122 cm³/mol. The molecule has 1 aliphatic rings. The van der Waals surface area contributed by atoms with E-state index in [-0.39, 0.29) is 12.0 Å². The third-order valence-electron chi connectivity index (χ3n) is 5.23. The highest BCUT2D eigenvalue weighted by Gasteiger charge is 2.25. The average Bonchev–Trinajstić information content (AvgIpc) is 3.03. The van der Waals surface area contributed by atoms with Crippen molar-refractivity contribution in [2.45, 2.75) is 51.5 Å². The molecule has 0 aliphatic heterocycles. The minimum atomic E-state index is -0.297. The molecule has 0 saturated carbocycles. The molecule has 29 heavy (non-hydrogen) atoms. The highest BCUT2D eigenvalue weighted by atomic mass is 32.1. The molecule has 1 aliphatic carbocycles. The second kappa shape index (κ2) is 10.1. The maximum absolute atomic E-state index is 12.5.